The van der Waals surface area contributed by atoms with Crippen molar-refractivity contribution in [2.24, 2.45) is 0 Å². The van der Waals surface area contributed by atoms with E-state index in [9.17, 15) is 13.6 Å². The summed E-state index contributed by atoms with van der Waals surface area (Å²) in [5.41, 5.74) is 1.26. The summed E-state index contributed by atoms with van der Waals surface area (Å²) in [6.45, 7) is 2.10. The van der Waals surface area contributed by atoms with Gasteiger partial charge in [-0.25, -0.2) is 8.78 Å². The van der Waals surface area contributed by atoms with Crippen LogP contribution in [0.25, 0.3) is 0 Å². The van der Waals surface area contributed by atoms with Gasteiger partial charge in [0.25, 0.3) is 0 Å². The lowest BCUT2D eigenvalue weighted by molar-refractivity contribution is -0.150. The summed E-state index contributed by atoms with van der Waals surface area (Å²) in [5.74, 6) is -0.914. The zero-order valence-corrected chi connectivity index (χ0v) is 15.6. The summed E-state index contributed by atoms with van der Waals surface area (Å²) in [4.78, 5) is 12.6. The smallest absolute Gasteiger partial charge is 0.316 e. The third-order valence-electron chi connectivity index (χ3n) is 5.54. The molecule has 2 aromatic rings. The molecule has 1 saturated carbocycles. The second kappa shape index (κ2) is 8.17. The van der Waals surface area contributed by atoms with E-state index in [2.05, 4.69) is 0 Å². The third-order valence-corrected chi connectivity index (χ3v) is 5.54. The minimum absolute atomic E-state index is 0.00157. The van der Waals surface area contributed by atoms with Crippen LogP contribution in [-0.4, -0.2) is 19.2 Å². The first-order valence-electron chi connectivity index (χ1n) is 9.16. The van der Waals surface area contributed by atoms with E-state index < -0.39 is 5.41 Å². The average molecular weight is 374 g/mol. The zero-order valence-electron chi connectivity index (χ0n) is 15.6. The van der Waals surface area contributed by atoms with Crippen molar-refractivity contribution >= 4 is 5.97 Å². The van der Waals surface area contributed by atoms with Crippen molar-refractivity contribution in [1.82, 2.24) is 0 Å². The van der Waals surface area contributed by atoms with Crippen LogP contribution < -0.4 is 0 Å². The predicted molar refractivity (Wildman–Crippen MR) is 98.3 cm³/mol. The van der Waals surface area contributed by atoms with Crippen molar-refractivity contribution < 1.29 is 23.0 Å². The van der Waals surface area contributed by atoms with Crippen molar-refractivity contribution in [1.29, 1.82) is 0 Å². The highest BCUT2D eigenvalue weighted by molar-refractivity contribution is 5.83. The lowest BCUT2D eigenvalue weighted by atomic mass is 9.67. The Labute approximate surface area is 158 Å². The number of benzene rings is 2. The Hall–Kier alpha value is -2.27. The molecule has 3 nitrogen and oxygen atoms in total. The van der Waals surface area contributed by atoms with Gasteiger partial charge in [-0.15, -0.1) is 0 Å². The quantitative estimate of drug-likeness (QED) is 0.703. The molecule has 0 bridgehead atoms. The number of rotatable bonds is 5. The first kappa shape index (κ1) is 19.5. The fourth-order valence-electron chi connectivity index (χ4n) is 3.95. The van der Waals surface area contributed by atoms with E-state index in [0.29, 0.717) is 43.4 Å². The number of methoxy groups -OCH3 is 1. The summed E-state index contributed by atoms with van der Waals surface area (Å²) in [7, 11) is 1.37. The van der Waals surface area contributed by atoms with Crippen LogP contribution in [-0.2, 0) is 26.3 Å². The van der Waals surface area contributed by atoms with E-state index in [1.54, 1.807) is 25.1 Å². The van der Waals surface area contributed by atoms with Gasteiger partial charge in [0.05, 0.1) is 25.2 Å². The van der Waals surface area contributed by atoms with E-state index >= 15 is 0 Å². The van der Waals surface area contributed by atoms with Gasteiger partial charge in [0.1, 0.15) is 11.6 Å². The molecule has 0 unspecified atom stereocenters. The molecule has 0 aromatic heterocycles. The Balaban J connectivity index is 1.71. The maximum atomic E-state index is 14.1. The zero-order chi connectivity index (χ0) is 19.4. The van der Waals surface area contributed by atoms with Gasteiger partial charge < -0.3 is 9.47 Å². The standard InChI is InChI=1S/C22H24F2O3/c1-15-19(4-3-5-20(15)24)22(21(25)26-2)12-10-18(11-13-22)27-14-16-6-8-17(23)9-7-16/h3-9,18H,10-14H2,1-2H3. The van der Waals surface area contributed by atoms with Gasteiger partial charge in [0.2, 0.25) is 0 Å². The van der Waals surface area contributed by atoms with Crippen LogP contribution in [0, 0.1) is 18.6 Å². The van der Waals surface area contributed by atoms with Gasteiger partial charge in [0, 0.05) is 0 Å². The molecule has 3 rings (SSSR count). The summed E-state index contributed by atoms with van der Waals surface area (Å²) in [6.07, 6.45) is 2.43. The Morgan fingerprint density at radius 2 is 1.78 bits per heavy atom. The van der Waals surface area contributed by atoms with Crippen LogP contribution in [0.1, 0.15) is 42.4 Å². The van der Waals surface area contributed by atoms with Crippen molar-refractivity contribution in [2.45, 2.75) is 50.7 Å². The maximum absolute atomic E-state index is 14.1. The molecule has 0 N–H and O–H groups in total. The van der Waals surface area contributed by atoms with Gasteiger partial charge in [-0.2, -0.15) is 0 Å². The maximum Gasteiger partial charge on any atom is 0.316 e. The monoisotopic (exact) mass is 374 g/mol. The molecule has 0 spiro atoms. The minimum atomic E-state index is -0.837. The van der Waals surface area contributed by atoms with Gasteiger partial charge in [-0.1, -0.05) is 24.3 Å². The van der Waals surface area contributed by atoms with Crippen molar-refractivity contribution in [2.75, 3.05) is 7.11 Å². The summed E-state index contributed by atoms with van der Waals surface area (Å²) >= 11 is 0. The molecule has 0 atom stereocenters. The molecule has 144 valence electrons. The van der Waals surface area contributed by atoms with Crippen molar-refractivity contribution in [3.05, 3.63) is 70.8 Å². The Kier molecular flexibility index (Phi) is 5.90. The molecule has 0 radical (unpaired) electrons. The predicted octanol–water partition coefficient (Wildman–Crippen LogP) is 4.84. The lowest BCUT2D eigenvalue weighted by Crippen LogP contribution is -2.42. The summed E-state index contributed by atoms with van der Waals surface area (Å²) in [6, 6.07) is 11.1. The number of ether oxygens (including phenoxy) is 2. The fourth-order valence-corrected chi connectivity index (χ4v) is 3.95. The molecule has 1 aliphatic rings. The largest absolute Gasteiger partial charge is 0.468 e. The molecular formula is C22H24F2O3. The fraction of sp³-hybridized carbons (Fsp3) is 0.409. The molecule has 0 amide bonds. The van der Waals surface area contributed by atoms with E-state index in [4.69, 9.17) is 9.47 Å². The topological polar surface area (TPSA) is 35.5 Å². The van der Waals surface area contributed by atoms with Gasteiger partial charge in [-0.05, 0) is 67.5 Å². The lowest BCUT2D eigenvalue weighted by Gasteiger charge is -2.39. The first-order valence-corrected chi connectivity index (χ1v) is 9.16. The van der Waals surface area contributed by atoms with Crippen LogP contribution in [0.2, 0.25) is 0 Å². The van der Waals surface area contributed by atoms with E-state index in [1.165, 1.54) is 25.3 Å². The van der Waals surface area contributed by atoms with E-state index in [1.807, 2.05) is 6.07 Å². The highest BCUT2D eigenvalue weighted by Gasteiger charge is 2.45. The van der Waals surface area contributed by atoms with Crippen molar-refractivity contribution in [3.63, 3.8) is 0 Å². The van der Waals surface area contributed by atoms with Crippen LogP contribution in [0.5, 0.6) is 0 Å². The number of halogens is 2. The number of carbonyl (C=O) groups is 1. The van der Waals surface area contributed by atoms with E-state index in [-0.39, 0.29) is 23.7 Å². The Morgan fingerprint density at radius 1 is 1.11 bits per heavy atom. The number of esters is 1. The van der Waals surface area contributed by atoms with Crippen LogP contribution in [0.15, 0.2) is 42.5 Å². The van der Waals surface area contributed by atoms with Crippen LogP contribution in [0.4, 0.5) is 8.78 Å². The highest BCUT2D eigenvalue weighted by Crippen LogP contribution is 2.43. The molecule has 1 fully saturated rings. The second-order valence-electron chi connectivity index (χ2n) is 7.12. The van der Waals surface area contributed by atoms with Gasteiger partial charge >= 0.3 is 5.97 Å². The van der Waals surface area contributed by atoms with Gasteiger partial charge in [0.15, 0.2) is 0 Å². The summed E-state index contributed by atoms with van der Waals surface area (Å²) in [5, 5.41) is 0. The summed E-state index contributed by atoms with van der Waals surface area (Å²) < 4.78 is 38.1. The molecule has 0 saturated heterocycles. The minimum Gasteiger partial charge on any atom is -0.468 e. The van der Waals surface area contributed by atoms with E-state index in [0.717, 1.165) is 5.56 Å². The SMILES string of the molecule is COC(=O)C1(c2cccc(F)c2C)CCC(OCc2ccc(F)cc2)CC1. The average Bonchev–Trinajstić information content (AvgIpc) is 2.69. The Morgan fingerprint density at radius 3 is 2.41 bits per heavy atom. The van der Waals surface area contributed by atoms with Crippen LogP contribution >= 0.6 is 0 Å². The number of hydrogen-bond acceptors (Lipinski definition) is 3. The van der Waals surface area contributed by atoms with Crippen LogP contribution in [0.3, 0.4) is 0 Å². The molecule has 0 aliphatic heterocycles. The highest BCUT2D eigenvalue weighted by atomic mass is 19.1. The molecular weight excluding hydrogens is 350 g/mol. The molecule has 27 heavy (non-hydrogen) atoms. The molecule has 1 aliphatic carbocycles. The second-order valence-corrected chi connectivity index (χ2v) is 7.12. The van der Waals surface area contributed by atoms with Gasteiger partial charge in [-0.3, -0.25) is 4.79 Å². The Bertz CT molecular complexity index is 794. The molecule has 2 aromatic carbocycles. The normalized spacial score (nSPS) is 22.4. The molecule has 0 heterocycles. The number of carbonyl (C=O) groups excluding carboxylic acids is 1. The number of hydrogen-bond donors (Lipinski definition) is 0. The molecule has 5 heteroatoms. The third kappa shape index (κ3) is 4.03. The van der Waals surface area contributed by atoms with Crippen molar-refractivity contribution in [3.8, 4) is 0 Å². The first-order chi connectivity index (χ1) is 13.0.